The van der Waals surface area contributed by atoms with E-state index < -0.39 is 8.07 Å². The van der Waals surface area contributed by atoms with Gasteiger partial charge in [-0.25, -0.2) is 0 Å². The minimum atomic E-state index is -1.40. The standard InChI is InChI=1S/C13H16O2Si/c1-5-10-12(16(2,3)4)9-15-13(10)11-7-6-8-14-11/h5-9H,1H2,2-4H3. The molecule has 0 spiro atoms. The van der Waals surface area contributed by atoms with Crippen molar-refractivity contribution in [1.82, 2.24) is 0 Å². The van der Waals surface area contributed by atoms with Crippen LogP contribution in [0.4, 0.5) is 0 Å². The van der Waals surface area contributed by atoms with Gasteiger partial charge in [-0.1, -0.05) is 32.3 Å². The summed E-state index contributed by atoms with van der Waals surface area (Å²) in [6, 6.07) is 3.76. The zero-order chi connectivity index (χ0) is 11.8. The van der Waals surface area contributed by atoms with Gasteiger partial charge in [-0.15, -0.1) is 0 Å². The molecule has 0 atom stereocenters. The highest BCUT2D eigenvalue weighted by atomic mass is 28.3. The molecule has 0 aliphatic carbocycles. The maximum atomic E-state index is 5.63. The second kappa shape index (κ2) is 3.83. The molecular weight excluding hydrogens is 216 g/mol. The van der Waals surface area contributed by atoms with Crippen LogP contribution in [0.3, 0.4) is 0 Å². The van der Waals surface area contributed by atoms with Crippen molar-refractivity contribution in [2.24, 2.45) is 0 Å². The fraction of sp³-hybridized carbons (Fsp3) is 0.231. The van der Waals surface area contributed by atoms with Crippen molar-refractivity contribution in [1.29, 1.82) is 0 Å². The number of hydrogen-bond donors (Lipinski definition) is 0. The van der Waals surface area contributed by atoms with Crippen LogP contribution in [0.25, 0.3) is 17.6 Å². The Balaban J connectivity index is 2.58. The summed E-state index contributed by atoms with van der Waals surface area (Å²) in [5.74, 6) is 1.55. The van der Waals surface area contributed by atoms with Gasteiger partial charge in [-0.05, 0) is 17.3 Å². The van der Waals surface area contributed by atoms with Crippen LogP contribution in [0, 0.1) is 0 Å². The molecule has 0 fully saturated rings. The van der Waals surface area contributed by atoms with Crippen molar-refractivity contribution >= 4 is 19.3 Å². The van der Waals surface area contributed by atoms with Crippen LogP contribution >= 0.6 is 0 Å². The van der Waals surface area contributed by atoms with Gasteiger partial charge in [0.25, 0.3) is 0 Å². The zero-order valence-electron chi connectivity index (χ0n) is 9.91. The first-order valence-corrected chi connectivity index (χ1v) is 8.82. The minimum Gasteiger partial charge on any atom is -0.461 e. The highest BCUT2D eigenvalue weighted by molar-refractivity contribution is 6.89. The molecule has 0 saturated heterocycles. The van der Waals surface area contributed by atoms with Gasteiger partial charge in [-0.3, -0.25) is 0 Å². The summed E-state index contributed by atoms with van der Waals surface area (Å²) in [6.45, 7) is 10.7. The maximum Gasteiger partial charge on any atom is 0.176 e. The van der Waals surface area contributed by atoms with Crippen molar-refractivity contribution < 1.29 is 8.83 Å². The first-order chi connectivity index (χ1) is 7.54. The smallest absolute Gasteiger partial charge is 0.176 e. The quantitative estimate of drug-likeness (QED) is 0.754. The predicted octanol–water partition coefficient (Wildman–Crippen LogP) is 3.73. The Hall–Kier alpha value is -1.48. The van der Waals surface area contributed by atoms with Crippen LogP contribution in [0.15, 0.2) is 40.1 Å². The van der Waals surface area contributed by atoms with Crippen molar-refractivity contribution in [2.45, 2.75) is 19.6 Å². The van der Waals surface area contributed by atoms with Gasteiger partial charge in [0.2, 0.25) is 0 Å². The van der Waals surface area contributed by atoms with Crippen molar-refractivity contribution in [3.8, 4) is 11.5 Å². The molecule has 2 aromatic heterocycles. The summed E-state index contributed by atoms with van der Waals surface area (Å²) < 4.78 is 11.0. The second-order valence-electron chi connectivity index (χ2n) is 4.82. The van der Waals surface area contributed by atoms with Crippen molar-refractivity contribution in [3.05, 3.63) is 36.8 Å². The molecule has 0 saturated carbocycles. The number of hydrogen-bond acceptors (Lipinski definition) is 2. The van der Waals surface area contributed by atoms with Crippen molar-refractivity contribution in [3.63, 3.8) is 0 Å². The van der Waals surface area contributed by atoms with Gasteiger partial charge in [0.15, 0.2) is 11.5 Å². The molecule has 0 N–H and O–H groups in total. The van der Waals surface area contributed by atoms with E-state index in [1.54, 1.807) is 6.26 Å². The Labute approximate surface area is 96.6 Å². The van der Waals surface area contributed by atoms with Crippen LogP contribution in [0.1, 0.15) is 5.56 Å². The third kappa shape index (κ3) is 1.78. The molecule has 2 nitrogen and oxygen atoms in total. The Kier molecular flexibility index (Phi) is 2.64. The van der Waals surface area contributed by atoms with Crippen LogP contribution in [-0.4, -0.2) is 8.07 Å². The van der Waals surface area contributed by atoms with Gasteiger partial charge < -0.3 is 8.83 Å². The average molecular weight is 232 g/mol. The molecule has 0 bridgehead atoms. The molecule has 0 radical (unpaired) electrons. The van der Waals surface area contributed by atoms with Gasteiger partial charge >= 0.3 is 0 Å². The lowest BCUT2D eigenvalue weighted by Crippen LogP contribution is -2.38. The topological polar surface area (TPSA) is 26.3 Å². The zero-order valence-corrected chi connectivity index (χ0v) is 10.9. The molecule has 3 heteroatoms. The fourth-order valence-corrected chi connectivity index (χ4v) is 3.19. The van der Waals surface area contributed by atoms with Gasteiger partial charge in [-0.2, -0.15) is 0 Å². The van der Waals surface area contributed by atoms with Gasteiger partial charge in [0.1, 0.15) is 0 Å². The molecule has 0 aliphatic rings. The lowest BCUT2D eigenvalue weighted by molar-refractivity contribution is 0.524. The van der Waals surface area contributed by atoms with Gasteiger partial charge in [0, 0.05) is 5.56 Å². The largest absolute Gasteiger partial charge is 0.461 e. The lowest BCUT2D eigenvalue weighted by atomic mass is 10.2. The highest BCUT2D eigenvalue weighted by Crippen LogP contribution is 2.26. The third-order valence-electron chi connectivity index (χ3n) is 2.59. The van der Waals surface area contributed by atoms with E-state index in [9.17, 15) is 0 Å². The third-order valence-corrected chi connectivity index (χ3v) is 4.59. The van der Waals surface area contributed by atoms with Gasteiger partial charge in [0.05, 0.1) is 20.6 Å². The Bertz CT molecular complexity index is 486. The first kappa shape index (κ1) is 11.0. The molecule has 0 unspecified atom stereocenters. The first-order valence-electron chi connectivity index (χ1n) is 5.32. The average Bonchev–Trinajstić information content (AvgIpc) is 2.84. The monoisotopic (exact) mass is 232 g/mol. The molecule has 2 rings (SSSR count). The SMILES string of the molecule is C=Cc1c([Si](C)(C)C)coc1-c1ccco1. The molecule has 84 valence electrons. The molecule has 0 aromatic carbocycles. The van der Waals surface area contributed by atoms with E-state index in [4.69, 9.17) is 8.83 Å². The Morgan fingerprint density at radius 3 is 2.50 bits per heavy atom. The summed E-state index contributed by atoms with van der Waals surface area (Å²) in [7, 11) is -1.40. The molecule has 0 aliphatic heterocycles. The van der Waals surface area contributed by atoms with E-state index in [1.807, 2.05) is 24.5 Å². The summed E-state index contributed by atoms with van der Waals surface area (Å²) >= 11 is 0. The maximum absolute atomic E-state index is 5.63. The summed E-state index contributed by atoms with van der Waals surface area (Å²) in [4.78, 5) is 0. The molecule has 16 heavy (non-hydrogen) atoms. The molecule has 2 heterocycles. The number of rotatable bonds is 3. The fourth-order valence-electron chi connectivity index (χ4n) is 1.75. The van der Waals surface area contributed by atoms with Crippen LogP contribution in [0.5, 0.6) is 0 Å². The van der Waals surface area contributed by atoms with E-state index in [2.05, 4.69) is 26.2 Å². The summed E-state index contributed by atoms with van der Waals surface area (Å²) in [5, 5.41) is 1.29. The predicted molar refractivity (Wildman–Crippen MR) is 69.5 cm³/mol. The minimum absolute atomic E-state index is 0.763. The number of furan rings is 2. The van der Waals surface area contributed by atoms with Crippen LogP contribution in [-0.2, 0) is 0 Å². The second-order valence-corrected chi connectivity index (χ2v) is 9.86. The van der Waals surface area contributed by atoms with E-state index in [1.165, 1.54) is 5.19 Å². The Morgan fingerprint density at radius 1 is 1.25 bits per heavy atom. The molecule has 0 amide bonds. The van der Waals surface area contributed by atoms with Crippen molar-refractivity contribution in [2.75, 3.05) is 0 Å². The Morgan fingerprint density at radius 2 is 2.00 bits per heavy atom. The summed E-state index contributed by atoms with van der Waals surface area (Å²) in [6.07, 6.45) is 5.36. The van der Waals surface area contributed by atoms with E-state index in [0.29, 0.717) is 0 Å². The summed E-state index contributed by atoms with van der Waals surface area (Å²) in [5.41, 5.74) is 1.08. The molecular formula is C13H16O2Si. The van der Waals surface area contributed by atoms with Crippen LogP contribution in [0.2, 0.25) is 19.6 Å². The van der Waals surface area contributed by atoms with Crippen LogP contribution < -0.4 is 5.19 Å². The van der Waals surface area contributed by atoms with E-state index in [-0.39, 0.29) is 0 Å². The highest BCUT2D eigenvalue weighted by Gasteiger charge is 2.25. The molecule has 2 aromatic rings. The van der Waals surface area contributed by atoms with E-state index in [0.717, 1.165) is 17.1 Å². The van der Waals surface area contributed by atoms with E-state index >= 15 is 0 Å². The lowest BCUT2D eigenvalue weighted by Gasteiger charge is -2.14. The normalized spacial score (nSPS) is 11.7.